The topological polar surface area (TPSA) is 508 Å². The summed E-state index contributed by atoms with van der Waals surface area (Å²) in [6.07, 6.45) is -5.43. The first-order valence-corrected chi connectivity index (χ1v) is 7.32. The van der Waals surface area contributed by atoms with E-state index in [1.54, 1.807) is 0 Å². The van der Waals surface area contributed by atoms with E-state index in [-0.39, 0.29) is 126 Å². The maximum atomic E-state index is 10.1. The summed E-state index contributed by atoms with van der Waals surface area (Å²) in [6.45, 7) is 0. The predicted molar refractivity (Wildman–Crippen MR) is 113 cm³/mol. The largest absolute Gasteiger partial charge is 2.00 e. The van der Waals surface area contributed by atoms with E-state index in [0.29, 0.717) is 0 Å². The molecule has 0 saturated carbocycles. The minimum atomic E-state index is -2.97. The van der Waals surface area contributed by atoms with Crippen molar-refractivity contribution < 1.29 is 96.2 Å². The van der Waals surface area contributed by atoms with Gasteiger partial charge in [0.2, 0.25) is 0 Å². The molecule has 0 aromatic heterocycles. The Labute approximate surface area is 305 Å². The summed E-state index contributed by atoms with van der Waals surface area (Å²) in [5, 5.41) is 107. The van der Waals surface area contributed by atoms with Crippen molar-refractivity contribution in [2.75, 3.05) is 0 Å². The van der Waals surface area contributed by atoms with E-state index in [1.807, 2.05) is 0 Å². The normalized spacial score (nSPS) is 8.05. The molecular weight excluding hydrogens is 1370 g/mol. The van der Waals surface area contributed by atoms with Crippen LogP contribution in [0.1, 0.15) is 25.7 Å². The van der Waals surface area contributed by atoms with Gasteiger partial charge in [-0.3, -0.25) is 0 Å². The number of carboxylic acids is 6. The molecule has 0 aliphatic heterocycles. The van der Waals surface area contributed by atoms with Crippen LogP contribution in [0.15, 0.2) is 0 Å². The van der Waals surface area contributed by atoms with Gasteiger partial charge in [-0.1, -0.05) is 0 Å². The number of carboxylic acid groups (broad SMARTS) is 6. The Kier molecular flexibility index (Phi) is 64.7. The van der Waals surface area contributed by atoms with Gasteiger partial charge in [-0.25, -0.2) is 0 Å². The average molecular weight is 1390 g/mol. The van der Waals surface area contributed by atoms with Gasteiger partial charge in [0.1, 0.15) is 11.2 Å². The molecule has 41 heavy (non-hydrogen) atoms. The Morgan fingerprint density at radius 3 is 0.610 bits per heavy atom. The molecule has 0 aliphatic carbocycles. The number of aliphatic carboxylic acids is 6. The number of hydrogen-bond acceptors (Lipinski definition) is 20. The van der Waals surface area contributed by atoms with Crippen LogP contribution in [-0.4, -0.2) is 193 Å². The molecule has 25 nitrogen and oxygen atoms in total. The summed E-state index contributed by atoms with van der Waals surface area (Å²) in [5.74, 6) is -12.0. The second-order valence-corrected chi connectivity index (χ2v) is 5.28. The van der Waals surface area contributed by atoms with Gasteiger partial charge >= 0.3 is 109 Å². The van der Waals surface area contributed by atoms with Crippen LogP contribution in [0.5, 0.6) is 0 Å². The van der Waals surface area contributed by atoms with Gasteiger partial charge < -0.3 is 117 Å². The summed E-state index contributed by atoms with van der Waals surface area (Å²) in [7, 11) is 0. The van der Waals surface area contributed by atoms with Crippen molar-refractivity contribution in [3.63, 3.8) is 0 Å². The molecule has 0 aromatic rings. The summed E-state index contributed by atoms with van der Waals surface area (Å²) in [5.41, 5.74) is -5.95. The van der Waals surface area contributed by atoms with Crippen molar-refractivity contribution in [2.45, 2.75) is 36.9 Å². The van der Waals surface area contributed by atoms with Crippen molar-refractivity contribution in [1.82, 2.24) is 0 Å². The van der Waals surface area contributed by atoms with Crippen LogP contribution in [0.3, 0.4) is 0 Å². The van der Waals surface area contributed by atoms with Crippen LogP contribution in [0.4, 0.5) is 0 Å². The molecule has 0 unspecified atom stereocenters. The molecule has 8 N–H and O–H groups in total. The van der Waals surface area contributed by atoms with E-state index in [0.717, 1.165) is 0 Å². The zero-order valence-corrected chi connectivity index (χ0v) is 35.0. The molecular formula is C12H16N2O23Pb4. The third-order valence-electron chi connectivity index (χ3n) is 2.51. The minimum absolute atomic E-state index is 0. The van der Waals surface area contributed by atoms with E-state index in [1.165, 1.54) is 0 Å². The second-order valence-electron chi connectivity index (χ2n) is 5.28. The Morgan fingerprint density at radius 1 is 0.463 bits per heavy atom. The van der Waals surface area contributed by atoms with Crippen LogP contribution in [0, 0.1) is 30.6 Å². The van der Waals surface area contributed by atoms with Crippen molar-refractivity contribution >= 4 is 145 Å². The first kappa shape index (κ1) is 72.2. The molecule has 8 radical (unpaired) electrons. The summed E-state index contributed by atoms with van der Waals surface area (Å²) in [6, 6.07) is 0. The van der Waals surface area contributed by atoms with Gasteiger partial charge in [0.15, 0.2) is 0 Å². The molecule has 0 saturated heterocycles. The number of carbonyl (C=O) groups excluding carboxylic acids is 6. The van der Waals surface area contributed by atoms with Gasteiger partial charge in [0, 0.05) is 49.6 Å². The second kappa shape index (κ2) is 36.7. The van der Waals surface area contributed by atoms with Crippen LogP contribution >= 0.6 is 0 Å². The Morgan fingerprint density at radius 2 is 0.561 bits per heavy atom. The molecule has 0 amide bonds. The van der Waals surface area contributed by atoms with E-state index in [2.05, 4.69) is 0 Å². The molecule has 228 valence electrons. The van der Waals surface area contributed by atoms with Crippen LogP contribution in [0.2, 0.25) is 0 Å². The molecule has 0 atom stereocenters. The third kappa shape index (κ3) is 55.3. The van der Waals surface area contributed by atoms with Gasteiger partial charge in [-0.05, 0) is 0 Å². The van der Waals surface area contributed by atoms with Crippen molar-refractivity contribution in [3.05, 3.63) is 30.6 Å². The fourth-order valence-electron chi connectivity index (χ4n) is 1.37. The van der Waals surface area contributed by atoms with E-state index >= 15 is 0 Å². The van der Waals surface area contributed by atoms with Gasteiger partial charge in [0.05, 0.1) is 22.1 Å². The number of carbonyl (C=O) groups is 6. The zero-order chi connectivity index (χ0) is 28.4. The Balaban J connectivity index is -0.0000000340. The maximum Gasteiger partial charge on any atom is 2.00 e. The third-order valence-corrected chi connectivity index (χ3v) is 2.51. The molecule has 0 heterocycles. The first-order valence-electron chi connectivity index (χ1n) is 7.32. The summed E-state index contributed by atoms with van der Waals surface area (Å²) >= 11 is 0. The number of nitrogens with zero attached hydrogens (tertiary/aromatic N) is 2. The standard InChI is InChI=1S/2C6H8O7.2NO3.3H2O.4Pb/c2*7-3(8)1-6(13,5(11)12)2-4(9)10;2*2-1(3)4;;;;;;;/h2*13H,1-2H2,(H,7,8)(H,9,10)(H,11,12);;;3*1H2;;;;/q;;2*-1;;;;4*+2/p-6. The summed E-state index contributed by atoms with van der Waals surface area (Å²) < 4.78 is 0. The van der Waals surface area contributed by atoms with Crippen LogP contribution in [0.25, 0.3) is 0 Å². The molecule has 0 bridgehead atoms. The molecule has 29 heteroatoms. The summed E-state index contributed by atoms with van der Waals surface area (Å²) in [4.78, 5) is 76.5. The Bertz CT molecular complexity index is 691. The van der Waals surface area contributed by atoms with Crippen molar-refractivity contribution in [3.8, 4) is 0 Å². The maximum absolute atomic E-state index is 10.1. The Hall–Kier alpha value is -1.29. The molecule has 0 aromatic carbocycles. The van der Waals surface area contributed by atoms with Gasteiger partial charge in [0.25, 0.3) is 0 Å². The first-order chi connectivity index (χ1) is 15.0. The minimum Gasteiger partial charge on any atom is -0.550 e. The zero-order valence-electron chi connectivity index (χ0n) is 19.5. The smallest absolute Gasteiger partial charge is 0.550 e. The van der Waals surface area contributed by atoms with E-state index in [9.17, 15) is 59.4 Å². The SMILES string of the molecule is O.O.O.O=C([O-])CC(O)(CC(=O)[O-])C(=O)[O-].O=C([O-])CC(O)(CC(=O)[O-])C(=O)[O-].O=[N+]([O-])[O-].O=[N+]([O-])[O-].[Pb+2].[Pb+2].[Pb+2].[Pb+2]. The average Bonchev–Trinajstić information content (AvgIpc) is 2.50. The van der Waals surface area contributed by atoms with Gasteiger partial charge in [-0.15, -0.1) is 0 Å². The van der Waals surface area contributed by atoms with E-state index in [4.69, 9.17) is 40.9 Å². The fourth-order valence-corrected chi connectivity index (χ4v) is 1.37. The number of hydrogen-bond donors (Lipinski definition) is 2. The molecule has 0 fully saturated rings. The predicted octanol–water partition coefficient (Wildman–Crippen LogP) is -15.0. The monoisotopic (exact) mass is 1390 g/mol. The van der Waals surface area contributed by atoms with Crippen molar-refractivity contribution in [1.29, 1.82) is 0 Å². The number of aliphatic hydroxyl groups is 2. The van der Waals surface area contributed by atoms with Gasteiger partial charge in [-0.2, -0.15) is 0 Å². The molecule has 0 spiro atoms. The van der Waals surface area contributed by atoms with Crippen LogP contribution < -0.4 is 30.6 Å². The molecule has 0 rings (SSSR count). The van der Waals surface area contributed by atoms with E-state index < -0.39 is 82.9 Å². The van der Waals surface area contributed by atoms with Crippen LogP contribution in [-0.2, 0) is 28.8 Å². The number of rotatable bonds is 10. The van der Waals surface area contributed by atoms with Crippen molar-refractivity contribution in [2.24, 2.45) is 0 Å². The fraction of sp³-hybridized carbons (Fsp3) is 0.500. The molecule has 0 aliphatic rings. The quantitative estimate of drug-likeness (QED) is 0.116.